The monoisotopic (exact) mass is 430 g/mol. The molecule has 1 atom stereocenters. The van der Waals surface area contributed by atoms with Crippen molar-refractivity contribution in [1.29, 1.82) is 0 Å². The average Bonchev–Trinajstić information content (AvgIpc) is 3.31. The van der Waals surface area contributed by atoms with Gasteiger partial charge in [0.05, 0.1) is 18.5 Å². The SMILES string of the molecule is COc1ccccc1C(CNc1ncnc2c1c(Br)nn2C)N1CCCC1. The van der Waals surface area contributed by atoms with Gasteiger partial charge in [-0.3, -0.25) is 4.90 Å². The number of aryl methyl sites for hydroxylation is 1. The summed E-state index contributed by atoms with van der Waals surface area (Å²) in [6, 6.07) is 8.47. The van der Waals surface area contributed by atoms with E-state index in [4.69, 9.17) is 4.74 Å². The van der Waals surface area contributed by atoms with E-state index >= 15 is 0 Å². The van der Waals surface area contributed by atoms with Crippen LogP contribution in [0, 0.1) is 0 Å². The molecule has 1 unspecified atom stereocenters. The number of hydrogen-bond donors (Lipinski definition) is 1. The van der Waals surface area contributed by atoms with Gasteiger partial charge in [0.15, 0.2) is 5.65 Å². The van der Waals surface area contributed by atoms with Crippen molar-refractivity contribution >= 4 is 32.8 Å². The fraction of sp³-hybridized carbons (Fsp3) is 0.421. The summed E-state index contributed by atoms with van der Waals surface area (Å²) < 4.78 is 8.13. The molecule has 0 spiro atoms. The Hall–Kier alpha value is -2.19. The van der Waals surface area contributed by atoms with Crippen LogP contribution in [0.1, 0.15) is 24.4 Å². The molecule has 0 aliphatic carbocycles. The summed E-state index contributed by atoms with van der Waals surface area (Å²) in [5, 5.41) is 8.84. The fourth-order valence-electron chi connectivity index (χ4n) is 3.80. The van der Waals surface area contributed by atoms with Crippen molar-refractivity contribution in [1.82, 2.24) is 24.6 Å². The molecular formula is C19H23BrN6O. The van der Waals surface area contributed by atoms with E-state index < -0.39 is 0 Å². The van der Waals surface area contributed by atoms with Gasteiger partial charge >= 0.3 is 0 Å². The van der Waals surface area contributed by atoms with Crippen LogP contribution in [0.15, 0.2) is 35.2 Å². The van der Waals surface area contributed by atoms with Gasteiger partial charge in [0, 0.05) is 19.2 Å². The lowest BCUT2D eigenvalue weighted by Gasteiger charge is -2.29. The second-order valence-corrected chi connectivity index (χ2v) is 7.47. The largest absolute Gasteiger partial charge is 0.496 e. The van der Waals surface area contributed by atoms with Gasteiger partial charge in [-0.25, -0.2) is 14.6 Å². The fourth-order valence-corrected chi connectivity index (χ4v) is 4.40. The molecule has 27 heavy (non-hydrogen) atoms. The molecule has 1 fully saturated rings. The van der Waals surface area contributed by atoms with Crippen LogP contribution >= 0.6 is 15.9 Å². The maximum atomic E-state index is 5.63. The zero-order valence-corrected chi connectivity index (χ0v) is 17.1. The summed E-state index contributed by atoms with van der Waals surface area (Å²) in [4.78, 5) is 11.3. The topological polar surface area (TPSA) is 68.1 Å². The van der Waals surface area contributed by atoms with E-state index in [-0.39, 0.29) is 6.04 Å². The summed E-state index contributed by atoms with van der Waals surface area (Å²) in [6.45, 7) is 2.92. The van der Waals surface area contributed by atoms with Gasteiger partial charge < -0.3 is 10.1 Å². The Bertz CT molecular complexity index is 937. The number of anilines is 1. The molecule has 7 nitrogen and oxygen atoms in total. The lowest BCUT2D eigenvalue weighted by Crippen LogP contribution is -2.31. The summed E-state index contributed by atoms with van der Waals surface area (Å²) in [6.07, 6.45) is 4.04. The lowest BCUT2D eigenvalue weighted by atomic mass is 10.0. The van der Waals surface area contributed by atoms with Crippen LogP contribution in [0.3, 0.4) is 0 Å². The Morgan fingerprint density at radius 1 is 1.22 bits per heavy atom. The minimum atomic E-state index is 0.212. The Morgan fingerprint density at radius 3 is 2.78 bits per heavy atom. The van der Waals surface area contributed by atoms with Crippen LogP contribution < -0.4 is 10.1 Å². The van der Waals surface area contributed by atoms with Crippen LogP contribution in [0.4, 0.5) is 5.82 Å². The van der Waals surface area contributed by atoms with Crippen LogP contribution in [-0.2, 0) is 7.05 Å². The highest BCUT2D eigenvalue weighted by Crippen LogP contribution is 2.33. The molecule has 4 rings (SSSR count). The summed E-state index contributed by atoms with van der Waals surface area (Å²) in [5.41, 5.74) is 2.00. The van der Waals surface area contributed by atoms with Crippen molar-refractivity contribution in [3.63, 3.8) is 0 Å². The number of hydrogen-bond acceptors (Lipinski definition) is 6. The van der Waals surface area contributed by atoms with Crippen LogP contribution in [0.2, 0.25) is 0 Å². The van der Waals surface area contributed by atoms with Crippen molar-refractivity contribution in [3.8, 4) is 5.75 Å². The number of benzene rings is 1. The number of ether oxygens (including phenoxy) is 1. The number of nitrogens with zero attached hydrogens (tertiary/aromatic N) is 5. The second-order valence-electron chi connectivity index (χ2n) is 6.72. The van der Waals surface area contributed by atoms with Crippen molar-refractivity contribution in [3.05, 3.63) is 40.8 Å². The van der Waals surface area contributed by atoms with E-state index in [2.05, 4.69) is 53.3 Å². The Balaban J connectivity index is 1.65. The quantitative estimate of drug-likeness (QED) is 0.646. The van der Waals surface area contributed by atoms with E-state index in [1.807, 2.05) is 19.2 Å². The predicted molar refractivity (Wildman–Crippen MR) is 109 cm³/mol. The predicted octanol–water partition coefficient (Wildman–Crippen LogP) is 3.38. The van der Waals surface area contributed by atoms with E-state index in [1.165, 1.54) is 18.4 Å². The third kappa shape index (κ3) is 3.51. The van der Waals surface area contributed by atoms with Gasteiger partial charge in [-0.15, -0.1) is 0 Å². The first kappa shape index (κ1) is 18.2. The van der Waals surface area contributed by atoms with E-state index in [9.17, 15) is 0 Å². The zero-order chi connectivity index (χ0) is 18.8. The highest BCUT2D eigenvalue weighted by Gasteiger charge is 2.26. The number of likely N-dealkylation sites (tertiary alicyclic amines) is 1. The van der Waals surface area contributed by atoms with Crippen molar-refractivity contribution < 1.29 is 4.74 Å². The standard InChI is InChI=1S/C19H23BrN6O/c1-25-19-16(17(20)24-25)18(22-12-23-19)21-11-14(26-9-5-6-10-26)13-7-3-4-8-15(13)27-2/h3-4,7-8,12,14H,5-6,9-11H2,1-2H3,(H,21,22,23). The molecule has 3 aromatic rings. The summed E-state index contributed by atoms with van der Waals surface area (Å²) in [5.74, 6) is 1.71. The highest BCUT2D eigenvalue weighted by molar-refractivity contribution is 9.10. The molecule has 0 radical (unpaired) electrons. The molecule has 1 aliphatic heterocycles. The highest BCUT2D eigenvalue weighted by atomic mass is 79.9. The van der Waals surface area contributed by atoms with Crippen molar-refractivity contribution in [2.24, 2.45) is 7.05 Å². The first-order valence-electron chi connectivity index (χ1n) is 9.13. The molecule has 1 aromatic carbocycles. The van der Waals surface area contributed by atoms with E-state index in [0.717, 1.165) is 46.8 Å². The maximum Gasteiger partial charge on any atom is 0.164 e. The molecule has 0 saturated carbocycles. The van der Waals surface area contributed by atoms with Crippen LogP contribution in [-0.4, -0.2) is 51.4 Å². The van der Waals surface area contributed by atoms with Gasteiger partial charge in [0.2, 0.25) is 0 Å². The summed E-state index contributed by atoms with van der Waals surface area (Å²) in [7, 11) is 3.61. The number of halogens is 1. The maximum absolute atomic E-state index is 5.63. The Labute approximate surface area is 166 Å². The molecule has 142 valence electrons. The van der Waals surface area contributed by atoms with Crippen molar-refractivity contribution in [2.75, 3.05) is 32.1 Å². The number of methoxy groups -OCH3 is 1. The van der Waals surface area contributed by atoms with Gasteiger partial charge in [-0.05, 0) is 47.9 Å². The molecule has 1 N–H and O–H groups in total. The Kier molecular flexibility index (Phi) is 5.27. The van der Waals surface area contributed by atoms with Crippen LogP contribution in [0.5, 0.6) is 5.75 Å². The molecule has 1 aliphatic rings. The number of nitrogens with one attached hydrogen (secondary N) is 1. The van der Waals surface area contributed by atoms with Crippen molar-refractivity contribution in [2.45, 2.75) is 18.9 Å². The summed E-state index contributed by atoms with van der Waals surface area (Å²) >= 11 is 3.53. The third-order valence-electron chi connectivity index (χ3n) is 5.12. The van der Waals surface area contributed by atoms with E-state index in [0.29, 0.717) is 0 Å². The molecular weight excluding hydrogens is 408 g/mol. The third-order valence-corrected chi connectivity index (χ3v) is 5.68. The minimum Gasteiger partial charge on any atom is -0.496 e. The Morgan fingerprint density at radius 2 is 2.00 bits per heavy atom. The molecule has 0 bridgehead atoms. The molecule has 0 amide bonds. The number of para-hydroxylation sites is 1. The number of rotatable bonds is 6. The molecule has 3 heterocycles. The second kappa shape index (κ2) is 7.82. The smallest absolute Gasteiger partial charge is 0.164 e. The van der Waals surface area contributed by atoms with Crippen LogP contribution in [0.25, 0.3) is 11.0 Å². The first-order chi connectivity index (χ1) is 13.2. The number of fused-ring (bicyclic) bond motifs is 1. The minimum absolute atomic E-state index is 0.212. The molecule has 2 aromatic heterocycles. The lowest BCUT2D eigenvalue weighted by molar-refractivity contribution is 0.249. The van der Waals surface area contributed by atoms with Gasteiger partial charge in [0.25, 0.3) is 0 Å². The molecule has 1 saturated heterocycles. The normalized spacial score (nSPS) is 16.0. The average molecular weight is 431 g/mol. The zero-order valence-electron chi connectivity index (χ0n) is 15.5. The van der Waals surface area contributed by atoms with Gasteiger partial charge in [-0.2, -0.15) is 5.10 Å². The van der Waals surface area contributed by atoms with Gasteiger partial charge in [-0.1, -0.05) is 18.2 Å². The van der Waals surface area contributed by atoms with Gasteiger partial charge in [0.1, 0.15) is 22.5 Å². The number of aromatic nitrogens is 4. The van der Waals surface area contributed by atoms with E-state index in [1.54, 1.807) is 18.1 Å². The molecule has 8 heteroatoms. The first-order valence-corrected chi connectivity index (χ1v) is 9.92.